The zero-order chi connectivity index (χ0) is 41.4. The van der Waals surface area contributed by atoms with E-state index in [-0.39, 0.29) is 0 Å². The van der Waals surface area contributed by atoms with Crippen LogP contribution in [0.4, 0.5) is 0 Å². The molecule has 5 heterocycles. The molecular weight excluding hydrogens is 771 g/mol. The van der Waals surface area contributed by atoms with Gasteiger partial charge in [-0.2, -0.15) is 9.97 Å². The molecule has 0 N–H and O–H groups in total. The second-order valence-corrected chi connectivity index (χ2v) is 15.9. The standard InChI is InChI=1S/C56H35N7/c1-4-15-36(16-5-1)54-58-55(37-17-6-2-7-18-37)60-56(59-54)63-48-24-13-11-22-43(48)45-33-38(27-30-49(45)63)39-26-29-44-42-21-10-12-23-47(42)62(52(44)34-39)41-28-31-50-46(35-41)53-51(25-14-32-57-53)61(50)40-19-8-3-9-20-40/h1-35H. The second-order valence-electron chi connectivity index (χ2n) is 15.9. The second kappa shape index (κ2) is 13.9. The lowest BCUT2D eigenvalue weighted by Crippen LogP contribution is -2.06. The van der Waals surface area contributed by atoms with Gasteiger partial charge in [0.15, 0.2) is 11.6 Å². The van der Waals surface area contributed by atoms with E-state index < -0.39 is 0 Å². The quantitative estimate of drug-likeness (QED) is 0.168. The molecule has 294 valence electrons. The number of para-hydroxylation sites is 3. The van der Waals surface area contributed by atoms with Crippen LogP contribution >= 0.6 is 0 Å². The topological polar surface area (TPSA) is 66.3 Å². The first-order chi connectivity index (χ1) is 31.2. The normalized spacial score (nSPS) is 11.8. The molecule has 0 aliphatic carbocycles. The molecule has 7 nitrogen and oxygen atoms in total. The van der Waals surface area contributed by atoms with Crippen LogP contribution in [0.5, 0.6) is 0 Å². The molecule has 0 unspecified atom stereocenters. The highest BCUT2D eigenvalue weighted by molar-refractivity contribution is 6.13. The fraction of sp³-hybridized carbons (Fsp3) is 0. The Bertz CT molecular complexity index is 3840. The lowest BCUT2D eigenvalue weighted by molar-refractivity contribution is 0.953. The zero-order valence-corrected chi connectivity index (χ0v) is 33.8. The number of hydrogen-bond acceptors (Lipinski definition) is 4. The van der Waals surface area contributed by atoms with E-state index in [2.05, 4.69) is 153 Å². The molecule has 63 heavy (non-hydrogen) atoms. The van der Waals surface area contributed by atoms with Crippen LogP contribution in [0.2, 0.25) is 0 Å². The summed E-state index contributed by atoms with van der Waals surface area (Å²) in [6.45, 7) is 0. The fourth-order valence-corrected chi connectivity index (χ4v) is 9.51. The van der Waals surface area contributed by atoms with E-state index in [9.17, 15) is 0 Å². The molecule has 13 aromatic rings. The maximum Gasteiger partial charge on any atom is 0.238 e. The Morgan fingerprint density at radius 3 is 1.54 bits per heavy atom. The van der Waals surface area contributed by atoms with Crippen molar-refractivity contribution in [1.29, 1.82) is 0 Å². The summed E-state index contributed by atoms with van der Waals surface area (Å²) in [6, 6.07) is 72.6. The van der Waals surface area contributed by atoms with Crippen LogP contribution in [0.25, 0.3) is 117 Å². The summed E-state index contributed by atoms with van der Waals surface area (Å²) in [4.78, 5) is 20.1. The van der Waals surface area contributed by atoms with Gasteiger partial charge in [-0.3, -0.25) is 9.55 Å². The minimum Gasteiger partial charge on any atom is -0.309 e. The molecule has 7 heteroatoms. The van der Waals surface area contributed by atoms with E-state index in [0.717, 1.165) is 88.4 Å². The predicted octanol–water partition coefficient (Wildman–Crippen LogP) is 13.6. The molecule has 0 fully saturated rings. The van der Waals surface area contributed by atoms with Crippen molar-refractivity contribution in [3.8, 4) is 51.2 Å². The third-order valence-electron chi connectivity index (χ3n) is 12.3. The summed E-state index contributed by atoms with van der Waals surface area (Å²) >= 11 is 0. The first-order valence-corrected chi connectivity index (χ1v) is 21.1. The SMILES string of the molecule is c1ccc(-c2nc(-c3ccccc3)nc(-n3c4ccccc4c4cc(-c5ccc6c7ccccc7n(-c7ccc8c(c7)c7ncccc7n8-c7ccccc7)c6c5)ccc43)n2)cc1. The van der Waals surface area contributed by atoms with Crippen LogP contribution in [-0.4, -0.2) is 33.6 Å². The van der Waals surface area contributed by atoms with Crippen molar-refractivity contribution in [2.45, 2.75) is 0 Å². The van der Waals surface area contributed by atoms with E-state index in [1.54, 1.807) is 0 Å². The van der Waals surface area contributed by atoms with Crippen molar-refractivity contribution in [3.63, 3.8) is 0 Å². The molecule has 0 saturated carbocycles. The lowest BCUT2D eigenvalue weighted by Gasteiger charge is -2.11. The Balaban J connectivity index is 0.991. The number of benzene rings is 8. The van der Waals surface area contributed by atoms with Gasteiger partial charge < -0.3 is 9.13 Å². The third kappa shape index (κ3) is 5.53. The molecule has 5 aromatic heterocycles. The Morgan fingerprint density at radius 2 is 0.810 bits per heavy atom. The van der Waals surface area contributed by atoms with Gasteiger partial charge in [-0.1, -0.05) is 133 Å². The predicted molar refractivity (Wildman–Crippen MR) is 257 cm³/mol. The van der Waals surface area contributed by atoms with E-state index in [1.807, 2.05) is 72.9 Å². The lowest BCUT2D eigenvalue weighted by atomic mass is 10.0. The Labute approximate surface area is 361 Å². The van der Waals surface area contributed by atoms with Gasteiger partial charge in [-0.05, 0) is 83.9 Å². The smallest absolute Gasteiger partial charge is 0.238 e. The summed E-state index contributed by atoms with van der Waals surface area (Å²) < 4.78 is 6.89. The maximum absolute atomic E-state index is 5.13. The molecule has 0 amide bonds. The number of rotatable bonds is 6. The number of aromatic nitrogens is 7. The summed E-state index contributed by atoms with van der Waals surface area (Å²) in [5.41, 5.74) is 13.9. The first-order valence-electron chi connectivity index (χ1n) is 21.1. The zero-order valence-electron chi connectivity index (χ0n) is 33.8. The monoisotopic (exact) mass is 805 g/mol. The van der Waals surface area contributed by atoms with Crippen molar-refractivity contribution < 1.29 is 0 Å². The number of nitrogens with zero attached hydrogens (tertiary/aromatic N) is 7. The van der Waals surface area contributed by atoms with Crippen molar-refractivity contribution in [3.05, 3.63) is 212 Å². The van der Waals surface area contributed by atoms with Crippen LogP contribution in [0.15, 0.2) is 212 Å². The van der Waals surface area contributed by atoms with Gasteiger partial charge >= 0.3 is 0 Å². The van der Waals surface area contributed by atoms with E-state index >= 15 is 0 Å². The van der Waals surface area contributed by atoms with Crippen molar-refractivity contribution in [1.82, 2.24) is 33.6 Å². The Hall–Kier alpha value is -8.68. The number of hydrogen-bond donors (Lipinski definition) is 0. The van der Waals surface area contributed by atoms with Gasteiger partial charge in [0.2, 0.25) is 5.95 Å². The average molecular weight is 806 g/mol. The van der Waals surface area contributed by atoms with Crippen LogP contribution in [0.1, 0.15) is 0 Å². The van der Waals surface area contributed by atoms with E-state index in [1.165, 1.54) is 10.8 Å². The minimum absolute atomic E-state index is 0.576. The highest BCUT2D eigenvalue weighted by atomic mass is 15.2. The van der Waals surface area contributed by atoms with Crippen LogP contribution in [0.3, 0.4) is 0 Å². The fourth-order valence-electron chi connectivity index (χ4n) is 9.51. The molecule has 0 aliphatic heterocycles. The largest absolute Gasteiger partial charge is 0.309 e. The van der Waals surface area contributed by atoms with Crippen molar-refractivity contribution in [2.24, 2.45) is 0 Å². The van der Waals surface area contributed by atoms with Gasteiger partial charge in [0.25, 0.3) is 0 Å². The summed E-state index contributed by atoms with van der Waals surface area (Å²) in [7, 11) is 0. The third-order valence-corrected chi connectivity index (χ3v) is 12.3. The molecular formula is C56H35N7. The summed E-state index contributed by atoms with van der Waals surface area (Å²) in [5.74, 6) is 1.83. The summed E-state index contributed by atoms with van der Waals surface area (Å²) in [5, 5.41) is 5.78. The minimum atomic E-state index is 0.576. The highest BCUT2D eigenvalue weighted by Gasteiger charge is 2.20. The Morgan fingerprint density at radius 1 is 0.286 bits per heavy atom. The first kappa shape index (κ1) is 35.1. The maximum atomic E-state index is 5.13. The molecule has 0 spiro atoms. The molecule has 8 aromatic carbocycles. The van der Waals surface area contributed by atoms with Gasteiger partial charge in [-0.25, -0.2) is 4.98 Å². The van der Waals surface area contributed by atoms with Crippen molar-refractivity contribution in [2.75, 3.05) is 0 Å². The number of fused-ring (bicyclic) bond motifs is 9. The molecule has 13 rings (SSSR count). The molecule has 0 saturated heterocycles. The molecule has 0 bridgehead atoms. The van der Waals surface area contributed by atoms with Crippen molar-refractivity contribution >= 4 is 65.5 Å². The van der Waals surface area contributed by atoms with Gasteiger partial charge in [-0.15, -0.1) is 0 Å². The van der Waals surface area contributed by atoms with E-state index in [4.69, 9.17) is 19.9 Å². The van der Waals surface area contributed by atoms with Crippen LogP contribution in [0, 0.1) is 0 Å². The van der Waals surface area contributed by atoms with E-state index in [0.29, 0.717) is 17.6 Å². The Kier molecular flexibility index (Phi) is 7.77. The summed E-state index contributed by atoms with van der Waals surface area (Å²) in [6.07, 6.45) is 1.89. The number of pyridine rings is 1. The highest BCUT2D eigenvalue weighted by Crippen LogP contribution is 2.40. The average Bonchev–Trinajstić information content (AvgIpc) is 3.99. The van der Waals surface area contributed by atoms with Gasteiger partial charge in [0.05, 0.1) is 38.6 Å². The molecule has 0 aliphatic rings. The van der Waals surface area contributed by atoms with Crippen LogP contribution < -0.4 is 0 Å². The van der Waals surface area contributed by atoms with Gasteiger partial charge in [0, 0.05) is 55.6 Å². The van der Waals surface area contributed by atoms with Crippen LogP contribution in [-0.2, 0) is 0 Å². The molecule has 0 atom stereocenters. The van der Waals surface area contributed by atoms with Gasteiger partial charge in [0.1, 0.15) is 0 Å². The molecule has 0 radical (unpaired) electrons.